The molecule has 0 atom stereocenters. The molecular weight excluding hydrogens is 284 g/mol. The van der Waals surface area contributed by atoms with Crippen molar-refractivity contribution < 1.29 is 13.6 Å². The molecule has 0 amide bonds. The third-order valence-electron chi connectivity index (χ3n) is 3.11. The Bertz CT molecular complexity index is 666. The van der Waals surface area contributed by atoms with Crippen LogP contribution in [-0.2, 0) is 11.2 Å². The van der Waals surface area contributed by atoms with Gasteiger partial charge < -0.3 is 10.5 Å². The lowest BCUT2D eigenvalue weighted by Crippen LogP contribution is -2.01. The molecule has 0 aromatic heterocycles. The van der Waals surface area contributed by atoms with Gasteiger partial charge in [0, 0.05) is 28.8 Å². The second kappa shape index (κ2) is 5.59. The first-order valence-corrected chi connectivity index (χ1v) is 6.29. The van der Waals surface area contributed by atoms with Gasteiger partial charge in [0.1, 0.15) is 17.9 Å². The number of anilines is 1. The van der Waals surface area contributed by atoms with Gasteiger partial charge in [0.25, 0.3) is 0 Å². The highest BCUT2D eigenvalue weighted by atomic mass is 35.5. The van der Waals surface area contributed by atoms with E-state index in [1.807, 2.05) is 0 Å². The summed E-state index contributed by atoms with van der Waals surface area (Å²) >= 11 is 6.03. The van der Waals surface area contributed by atoms with Crippen molar-refractivity contribution in [2.24, 2.45) is 0 Å². The first-order valence-electron chi connectivity index (χ1n) is 5.91. The van der Waals surface area contributed by atoms with E-state index < -0.39 is 11.6 Å². The molecule has 2 aromatic carbocycles. The van der Waals surface area contributed by atoms with Crippen LogP contribution in [0.5, 0.6) is 0 Å². The monoisotopic (exact) mass is 295 g/mol. The van der Waals surface area contributed by atoms with Crippen LogP contribution in [0.1, 0.15) is 11.1 Å². The van der Waals surface area contributed by atoms with Crippen molar-refractivity contribution in [3.63, 3.8) is 0 Å². The van der Waals surface area contributed by atoms with Crippen LogP contribution in [0.15, 0.2) is 24.3 Å². The van der Waals surface area contributed by atoms with Crippen LogP contribution >= 0.6 is 11.6 Å². The number of halogens is 3. The Balaban J connectivity index is 2.76. The molecule has 2 rings (SSSR count). The highest BCUT2D eigenvalue weighted by molar-refractivity contribution is 6.32. The number of hydrogen-bond acceptors (Lipinski definition) is 2. The zero-order chi connectivity index (χ0) is 14.9. The summed E-state index contributed by atoms with van der Waals surface area (Å²) in [7, 11) is 0. The Morgan fingerprint density at radius 2 is 1.80 bits per heavy atom. The summed E-state index contributed by atoms with van der Waals surface area (Å²) in [6.45, 7) is 1.71. The summed E-state index contributed by atoms with van der Waals surface area (Å²) in [5.41, 5.74) is 8.20. The normalized spacial score (nSPS) is 10.6. The molecule has 0 heterocycles. The van der Waals surface area contributed by atoms with Crippen LogP contribution in [0.3, 0.4) is 0 Å². The number of benzene rings is 2. The van der Waals surface area contributed by atoms with Crippen molar-refractivity contribution in [3.8, 4) is 11.1 Å². The van der Waals surface area contributed by atoms with E-state index in [2.05, 4.69) is 0 Å². The van der Waals surface area contributed by atoms with E-state index in [0.29, 0.717) is 33.7 Å². The maximum absolute atomic E-state index is 13.4. The van der Waals surface area contributed by atoms with E-state index in [9.17, 15) is 13.6 Å². The van der Waals surface area contributed by atoms with Gasteiger partial charge in [-0.3, -0.25) is 0 Å². The number of aldehydes is 1. The summed E-state index contributed by atoms with van der Waals surface area (Å²) < 4.78 is 26.7. The zero-order valence-corrected chi connectivity index (χ0v) is 11.5. The van der Waals surface area contributed by atoms with Crippen molar-refractivity contribution in [1.29, 1.82) is 0 Å². The average Bonchev–Trinajstić information content (AvgIpc) is 2.35. The number of carbonyl (C=O) groups is 1. The molecule has 2 aromatic rings. The SMILES string of the molecule is Cc1c(Cl)cc(CC=O)c(-c2cc(F)cc(F)c2)c1N. The average molecular weight is 296 g/mol. The van der Waals surface area contributed by atoms with Gasteiger partial charge in [0.15, 0.2) is 0 Å². The molecule has 20 heavy (non-hydrogen) atoms. The van der Waals surface area contributed by atoms with Gasteiger partial charge in [-0.2, -0.15) is 0 Å². The number of nitrogen functional groups attached to an aromatic ring is 1. The molecule has 0 aliphatic rings. The fourth-order valence-corrected chi connectivity index (χ4v) is 2.35. The summed E-state index contributed by atoms with van der Waals surface area (Å²) in [6, 6.07) is 4.73. The molecule has 0 radical (unpaired) electrons. The van der Waals surface area contributed by atoms with Crippen molar-refractivity contribution in [2.75, 3.05) is 5.73 Å². The molecule has 2 N–H and O–H groups in total. The fraction of sp³-hybridized carbons (Fsp3) is 0.133. The second-order valence-corrected chi connectivity index (χ2v) is 4.87. The summed E-state index contributed by atoms with van der Waals surface area (Å²) in [6.07, 6.45) is 0.761. The molecule has 5 heteroatoms. The van der Waals surface area contributed by atoms with E-state index in [0.717, 1.165) is 6.07 Å². The Labute approximate surface area is 120 Å². The molecule has 0 aliphatic carbocycles. The molecule has 0 saturated heterocycles. The zero-order valence-electron chi connectivity index (χ0n) is 10.7. The Kier molecular flexibility index (Phi) is 4.04. The Morgan fingerprint density at radius 3 is 2.35 bits per heavy atom. The summed E-state index contributed by atoms with van der Waals surface area (Å²) in [4.78, 5) is 10.8. The van der Waals surface area contributed by atoms with Crippen LogP contribution in [0.25, 0.3) is 11.1 Å². The van der Waals surface area contributed by atoms with Crippen LogP contribution in [0, 0.1) is 18.6 Å². The maximum Gasteiger partial charge on any atom is 0.126 e. The Hall–Kier alpha value is -1.94. The quantitative estimate of drug-likeness (QED) is 0.689. The van der Waals surface area contributed by atoms with E-state index >= 15 is 0 Å². The summed E-state index contributed by atoms with van der Waals surface area (Å²) in [5, 5.41) is 0.417. The first-order chi connectivity index (χ1) is 9.43. The topological polar surface area (TPSA) is 43.1 Å². The third-order valence-corrected chi connectivity index (χ3v) is 3.50. The van der Waals surface area contributed by atoms with E-state index in [1.54, 1.807) is 13.0 Å². The lowest BCUT2D eigenvalue weighted by molar-refractivity contribution is -0.107. The third kappa shape index (κ3) is 2.65. The van der Waals surface area contributed by atoms with Gasteiger partial charge >= 0.3 is 0 Å². The molecule has 0 saturated carbocycles. The fourth-order valence-electron chi connectivity index (χ4n) is 2.11. The minimum absolute atomic E-state index is 0.0671. The van der Waals surface area contributed by atoms with Crippen LogP contribution in [0.4, 0.5) is 14.5 Å². The number of nitrogens with two attached hydrogens (primary N) is 1. The second-order valence-electron chi connectivity index (χ2n) is 4.46. The molecule has 0 fully saturated rings. The van der Waals surface area contributed by atoms with E-state index in [4.69, 9.17) is 17.3 Å². The van der Waals surface area contributed by atoms with Gasteiger partial charge in [-0.25, -0.2) is 8.78 Å². The predicted octanol–water partition coefficient (Wildman–Crippen LogP) is 3.92. The van der Waals surface area contributed by atoms with Crippen molar-refractivity contribution >= 4 is 23.6 Å². The molecule has 0 spiro atoms. The number of hydrogen-bond donors (Lipinski definition) is 1. The maximum atomic E-state index is 13.4. The lowest BCUT2D eigenvalue weighted by Gasteiger charge is -2.15. The predicted molar refractivity (Wildman–Crippen MR) is 75.7 cm³/mol. The first kappa shape index (κ1) is 14.5. The molecule has 2 nitrogen and oxygen atoms in total. The van der Waals surface area contributed by atoms with E-state index in [1.165, 1.54) is 12.1 Å². The largest absolute Gasteiger partial charge is 0.398 e. The van der Waals surface area contributed by atoms with Crippen molar-refractivity contribution in [3.05, 3.63) is 52.0 Å². The van der Waals surface area contributed by atoms with Gasteiger partial charge in [-0.15, -0.1) is 0 Å². The van der Waals surface area contributed by atoms with E-state index in [-0.39, 0.29) is 12.0 Å². The van der Waals surface area contributed by atoms with Gasteiger partial charge in [-0.05, 0) is 41.8 Å². The number of rotatable bonds is 3. The number of carbonyl (C=O) groups excluding carboxylic acids is 1. The summed E-state index contributed by atoms with van der Waals surface area (Å²) in [5.74, 6) is -1.41. The Morgan fingerprint density at radius 1 is 1.20 bits per heavy atom. The standard InChI is InChI=1S/C15H12ClF2NO/c1-8-13(16)6-9(2-3-20)14(15(8)19)10-4-11(17)7-12(18)5-10/h3-7H,2,19H2,1H3. The van der Waals surface area contributed by atoms with Crippen LogP contribution in [-0.4, -0.2) is 6.29 Å². The molecule has 0 aliphatic heterocycles. The smallest absolute Gasteiger partial charge is 0.126 e. The lowest BCUT2D eigenvalue weighted by atomic mass is 9.93. The molecule has 0 unspecified atom stereocenters. The molecular formula is C15H12ClF2NO. The minimum atomic E-state index is -0.705. The highest BCUT2D eigenvalue weighted by Gasteiger charge is 2.15. The van der Waals surface area contributed by atoms with Crippen molar-refractivity contribution in [2.45, 2.75) is 13.3 Å². The van der Waals surface area contributed by atoms with Crippen LogP contribution < -0.4 is 5.73 Å². The van der Waals surface area contributed by atoms with Gasteiger partial charge in [0.05, 0.1) is 0 Å². The molecule has 104 valence electrons. The highest BCUT2D eigenvalue weighted by Crippen LogP contribution is 2.36. The van der Waals surface area contributed by atoms with Crippen molar-refractivity contribution in [1.82, 2.24) is 0 Å². The molecule has 0 bridgehead atoms. The van der Waals surface area contributed by atoms with Crippen LogP contribution in [0.2, 0.25) is 5.02 Å². The minimum Gasteiger partial charge on any atom is -0.398 e. The van der Waals surface area contributed by atoms with Gasteiger partial charge in [-0.1, -0.05) is 11.6 Å². The van der Waals surface area contributed by atoms with Gasteiger partial charge in [0.2, 0.25) is 0 Å².